The SMILES string of the molecule is Cc1cnc(NC2CCN(S(C)(=O)=O)CC2)nc1-c1cnc[nH]1. The van der Waals surface area contributed by atoms with E-state index in [9.17, 15) is 8.42 Å². The molecule has 0 unspecified atom stereocenters. The van der Waals surface area contributed by atoms with Crippen LogP contribution in [-0.2, 0) is 10.0 Å². The lowest BCUT2D eigenvalue weighted by atomic mass is 10.1. The van der Waals surface area contributed by atoms with Crippen LogP contribution in [0.4, 0.5) is 5.95 Å². The summed E-state index contributed by atoms with van der Waals surface area (Å²) in [4.78, 5) is 15.9. The molecule has 0 atom stereocenters. The van der Waals surface area contributed by atoms with Gasteiger partial charge in [-0.05, 0) is 25.3 Å². The number of anilines is 1. The van der Waals surface area contributed by atoms with Crippen LogP contribution in [0.1, 0.15) is 18.4 Å². The molecule has 0 spiro atoms. The molecule has 0 amide bonds. The summed E-state index contributed by atoms with van der Waals surface area (Å²) in [6.07, 6.45) is 7.85. The Balaban J connectivity index is 1.69. The van der Waals surface area contributed by atoms with Crippen molar-refractivity contribution in [1.29, 1.82) is 0 Å². The smallest absolute Gasteiger partial charge is 0.223 e. The second kappa shape index (κ2) is 6.25. The number of imidazole rings is 1. The standard InChI is InChI=1S/C14H20N6O2S/c1-10-7-16-14(19-13(10)12-8-15-9-17-12)18-11-3-5-20(6-4-11)23(2,21)22/h7-9,11H,3-6H2,1-2H3,(H,15,17)(H,16,18,19). The number of H-pyrrole nitrogens is 1. The number of hydrogen-bond donors (Lipinski definition) is 2. The van der Waals surface area contributed by atoms with Gasteiger partial charge in [0.05, 0.1) is 30.2 Å². The predicted octanol–water partition coefficient (Wildman–Crippen LogP) is 1.01. The number of piperidine rings is 1. The monoisotopic (exact) mass is 336 g/mol. The highest BCUT2D eigenvalue weighted by Gasteiger charge is 2.25. The van der Waals surface area contributed by atoms with Crippen LogP contribution in [0.15, 0.2) is 18.7 Å². The van der Waals surface area contributed by atoms with Crippen molar-refractivity contribution in [2.24, 2.45) is 0 Å². The third-order valence-electron chi connectivity index (χ3n) is 3.98. The molecule has 0 saturated carbocycles. The average molecular weight is 336 g/mol. The molecule has 1 fully saturated rings. The topological polar surface area (TPSA) is 104 Å². The number of aryl methyl sites for hydroxylation is 1. The maximum absolute atomic E-state index is 11.5. The molecule has 2 aromatic heterocycles. The van der Waals surface area contributed by atoms with Crippen molar-refractivity contribution < 1.29 is 8.42 Å². The van der Waals surface area contributed by atoms with Gasteiger partial charge >= 0.3 is 0 Å². The molecule has 3 rings (SSSR count). The van der Waals surface area contributed by atoms with Gasteiger partial charge in [0.2, 0.25) is 16.0 Å². The zero-order valence-corrected chi connectivity index (χ0v) is 14.0. The summed E-state index contributed by atoms with van der Waals surface area (Å²) in [6.45, 7) is 3.00. The minimum absolute atomic E-state index is 0.172. The number of rotatable bonds is 4. The first-order valence-electron chi connectivity index (χ1n) is 7.47. The van der Waals surface area contributed by atoms with E-state index < -0.39 is 10.0 Å². The molecule has 23 heavy (non-hydrogen) atoms. The average Bonchev–Trinajstić information content (AvgIpc) is 3.03. The third kappa shape index (κ3) is 3.67. The van der Waals surface area contributed by atoms with Crippen LogP contribution in [0.25, 0.3) is 11.4 Å². The van der Waals surface area contributed by atoms with Crippen LogP contribution in [0.5, 0.6) is 0 Å². The summed E-state index contributed by atoms with van der Waals surface area (Å²) in [5, 5.41) is 3.30. The number of aromatic nitrogens is 4. The molecule has 1 aliphatic rings. The van der Waals surface area contributed by atoms with E-state index in [2.05, 4.69) is 25.3 Å². The molecule has 1 saturated heterocycles. The van der Waals surface area contributed by atoms with Crippen molar-refractivity contribution in [1.82, 2.24) is 24.2 Å². The van der Waals surface area contributed by atoms with Crippen molar-refractivity contribution in [2.75, 3.05) is 24.7 Å². The van der Waals surface area contributed by atoms with Crippen LogP contribution >= 0.6 is 0 Å². The second-order valence-corrected chi connectivity index (χ2v) is 7.75. The molecule has 3 heterocycles. The van der Waals surface area contributed by atoms with Crippen LogP contribution in [0.3, 0.4) is 0 Å². The fraction of sp³-hybridized carbons (Fsp3) is 0.500. The van der Waals surface area contributed by atoms with Crippen LogP contribution < -0.4 is 5.32 Å². The van der Waals surface area contributed by atoms with E-state index in [1.807, 2.05) is 6.92 Å². The van der Waals surface area contributed by atoms with Crippen LogP contribution in [-0.4, -0.2) is 58.0 Å². The van der Waals surface area contributed by atoms with Crippen molar-refractivity contribution in [2.45, 2.75) is 25.8 Å². The Kier molecular flexibility index (Phi) is 4.31. The maximum atomic E-state index is 11.5. The zero-order valence-electron chi connectivity index (χ0n) is 13.2. The van der Waals surface area contributed by atoms with E-state index in [4.69, 9.17) is 0 Å². The normalized spacial score (nSPS) is 17.3. The lowest BCUT2D eigenvalue weighted by molar-refractivity contribution is 0.331. The molecule has 0 radical (unpaired) electrons. The molecule has 0 aromatic carbocycles. The van der Waals surface area contributed by atoms with Gasteiger partial charge in [-0.25, -0.2) is 27.7 Å². The lowest BCUT2D eigenvalue weighted by Crippen LogP contribution is -2.42. The number of nitrogens with zero attached hydrogens (tertiary/aromatic N) is 4. The Morgan fingerprint density at radius 2 is 2.04 bits per heavy atom. The molecular formula is C14H20N6O2S. The first-order chi connectivity index (χ1) is 10.9. The largest absolute Gasteiger partial charge is 0.351 e. The first-order valence-corrected chi connectivity index (χ1v) is 9.32. The Labute approximate surface area is 135 Å². The van der Waals surface area contributed by atoms with E-state index in [0.29, 0.717) is 19.0 Å². The van der Waals surface area contributed by atoms with Gasteiger partial charge in [-0.2, -0.15) is 0 Å². The van der Waals surface area contributed by atoms with Gasteiger partial charge in [0.1, 0.15) is 0 Å². The quantitative estimate of drug-likeness (QED) is 0.863. The lowest BCUT2D eigenvalue weighted by Gasteiger charge is -2.30. The highest BCUT2D eigenvalue weighted by atomic mass is 32.2. The van der Waals surface area contributed by atoms with Crippen molar-refractivity contribution in [3.8, 4) is 11.4 Å². The molecule has 0 aliphatic carbocycles. The summed E-state index contributed by atoms with van der Waals surface area (Å²) in [5.41, 5.74) is 2.63. The maximum Gasteiger partial charge on any atom is 0.223 e. The highest BCUT2D eigenvalue weighted by molar-refractivity contribution is 7.88. The van der Waals surface area contributed by atoms with Crippen LogP contribution in [0, 0.1) is 6.92 Å². The van der Waals surface area contributed by atoms with E-state index in [0.717, 1.165) is 29.8 Å². The second-order valence-electron chi connectivity index (χ2n) is 5.77. The number of sulfonamides is 1. The van der Waals surface area contributed by atoms with Crippen molar-refractivity contribution in [3.05, 3.63) is 24.3 Å². The predicted molar refractivity (Wildman–Crippen MR) is 87.4 cm³/mol. The van der Waals surface area contributed by atoms with E-state index in [1.165, 1.54) is 10.6 Å². The van der Waals surface area contributed by atoms with E-state index in [1.54, 1.807) is 18.7 Å². The minimum atomic E-state index is -3.10. The van der Waals surface area contributed by atoms with Gasteiger partial charge in [0.15, 0.2) is 0 Å². The Morgan fingerprint density at radius 1 is 1.30 bits per heavy atom. The van der Waals surface area contributed by atoms with E-state index in [-0.39, 0.29) is 6.04 Å². The molecule has 9 heteroatoms. The van der Waals surface area contributed by atoms with Gasteiger partial charge in [-0.15, -0.1) is 0 Å². The fourth-order valence-corrected chi connectivity index (χ4v) is 3.56. The molecule has 2 aromatic rings. The Morgan fingerprint density at radius 3 is 2.65 bits per heavy atom. The van der Waals surface area contributed by atoms with Gasteiger partial charge in [0, 0.05) is 25.3 Å². The summed E-state index contributed by atoms with van der Waals surface area (Å²) in [5.74, 6) is 0.554. The summed E-state index contributed by atoms with van der Waals surface area (Å²) in [6, 6.07) is 0.172. The van der Waals surface area contributed by atoms with Crippen molar-refractivity contribution in [3.63, 3.8) is 0 Å². The summed E-state index contributed by atoms with van der Waals surface area (Å²) >= 11 is 0. The Hall–Kier alpha value is -2.00. The summed E-state index contributed by atoms with van der Waals surface area (Å²) in [7, 11) is -3.10. The zero-order chi connectivity index (χ0) is 16.4. The number of aromatic amines is 1. The minimum Gasteiger partial charge on any atom is -0.351 e. The van der Waals surface area contributed by atoms with Crippen molar-refractivity contribution >= 4 is 16.0 Å². The van der Waals surface area contributed by atoms with Gasteiger partial charge in [-0.1, -0.05) is 0 Å². The number of hydrogen-bond acceptors (Lipinski definition) is 6. The molecular weight excluding hydrogens is 316 g/mol. The molecule has 2 N–H and O–H groups in total. The van der Waals surface area contributed by atoms with Gasteiger partial charge < -0.3 is 10.3 Å². The van der Waals surface area contributed by atoms with Crippen LogP contribution in [0.2, 0.25) is 0 Å². The Bertz CT molecular complexity index is 767. The molecule has 1 aliphatic heterocycles. The number of nitrogens with one attached hydrogen (secondary N) is 2. The third-order valence-corrected chi connectivity index (χ3v) is 5.28. The highest BCUT2D eigenvalue weighted by Crippen LogP contribution is 2.21. The summed E-state index contributed by atoms with van der Waals surface area (Å²) < 4.78 is 24.6. The van der Waals surface area contributed by atoms with Gasteiger partial charge in [0.25, 0.3) is 0 Å². The fourth-order valence-electron chi connectivity index (χ4n) is 2.68. The molecule has 0 bridgehead atoms. The molecule has 124 valence electrons. The van der Waals surface area contributed by atoms with Gasteiger partial charge in [-0.3, -0.25) is 0 Å². The van der Waals surface area contributed by atoms with E-state index >= 15 is 0 Å². The first kappa shape index (κ1) is 15.9. The molecule has 8 nitrogen and oxygen atoms in total.